The lowest BCUT2D eigenvalue weighted by Crippen LogP contribution is -2.02. The van der Waals surface area contributed by atoms with Gasteiger partial charge in [-0.25, -0.2) is 0 Å². The molecule has 0 spiro atoms. The van der Waals surface area contributed by atoms with Crippen LogP contribution in [0.3, 0.4) is 0 Å². The van der Waals surface area contributed by atoms with E-state index in [1.54, 1.807) is 0 Å². The summed E-state index contributed by atoms with van der Waals surface area (Å²) < 4.78 is 2.32. The predicted molar refractivity (Wildman–Crippen MR) is 85.0 cm³/mol. The highest BCUT2D eigenvalue weighted by atomic mass is 15.0. The van der Waals surface area contributed by atoms with E-state index >= 15 is 0 Å². The van der Waals surface area contributed by atoms with Crippen LogP contribution in [0.5, 0.6) is 0 Å². The molecule has 1 heterocycles. The first-order valence-corrected chi connectivity index (χ1v) is 7.10. The SMILES string of the molecule is Cc1ccc(Cn2cc(CCN)c3ccccc32)cc1. The average molecular weight is 264 g/mol. The van der Waals surface area contributed by atoms with Crippen LogP contribution >= 0.6 is 0 Å². The first kappa shape index (κ1) is 12.9. The Morgan fingerprint density at radius 1 is 1.00 bits per heavy atom. The number of aromatic nitrogens is 1. The molecule has 1 aromatic heterocycles. The number of hydrogen-bond donors (Lipinski definition) is 1. The molecule has 0 aliphatic rings. The van der Waals surface area contributed by atoms with Gasteiger partial charge in [-0.1, -0.05) is 48.0 Å². The monoisotopic (exact) mass is 264 g/mol. The molecule has 102 valence electrons. The zero-order valence-electron chi connectivity index (χ0n) is 11.8. The molecule has 0 fully saturated rings. The molecule has 2 aromatic carbocycles. The minimum absolute atomic E-state index is 0.693. The summed E-state index contributed by atoms with van der Waals surface area (Å²) in [5.74, 6) is 0. The number of para-hydroxylation sites is 1. The van der Waals surface area contributed by atoms with Gasteiger partial charge in [0.15, 0.2) is 0 Å². The highest BCUT2D eigenvalue weighted by molar-refractivity contribution is 5.84. The molecule has 0 amide bonds. The molecule has 3 aromatic rings. The van der Waals surface area contributed by atoms with E-state index in [1.165, 1.54) is 27.6 Å². The van der Waals surface area contributed by atoms with Crippen LogP contribution in [0, 0.1) is 6.92 Å². The average Bonchev–Trinajstić information content (AvgIpc) is 2.81. The number of benzene rings is 2. The molecule has 0 aliphatic carbocycles. The zero-order valence-corrected chi connectivity index (χ0v) is 11.8. The molecule has 2 heteroatoms. The molecule has 0 saturated carbocycles. The summed E-state index contributed by atoms with van der Waals surface area (Å²) in [6.45, 7) is 3.72. The van der Waals surface area contributed by atoms with Gasteiger partial charge in [-0.05, 0) is 37.1 Å². The highest BCUT2D eigenvalue weighted by Gasteiger charge is 2.07. The molecular formula is C18H20N2. The van der Waals surface area contributed by atoms with Crippen LogP contribution in [0.1, 0.15) is 16.7 Å². The van der Waals surface area contributed by atoms with Gasteiger partial charge in [0.2, 0.25) is 0 Å². The maximum Gasteiger partial charge on any atom is 0.0486 e. The lowest BCUT2D eigenvalue weighted by atomic mass is 10.1. The van der Waals surface area contributed by atoms with E-state index in [4.69, 9.17) is 5.73 Å². The van der Waals surface area contributed by atoms with Crippen molar-refractivity contribution in [2.75, 3.05) is 6.54 Å². The Morgan fingerprint density at radius 2 is 1.75 bits per heavy atom. The number of fused-ring (bicyclic) bond motifs is 1. The van der Waals surface area contributed by atoms with E-state index in [2.05, 4.69) is 66.2 Å². The van der Waals surface area contributed by atoms with E-state index in [0.29, 0.717) is 6.54 Å². The van der Waals surface area contributed by atoms with E-state index < -0.39 is 0 Å². The highest BCUT2D eigenvalue weighted by Crippen LogP contribution is 2.22. The second-order valence-corrected chi connectivity index (χ2v) is 5.32. The molecule has 2 nitrogen and oxygen atoms in total. The molecule has 0 bridgehead atoms. The first-order valence-electron chi connectivity index (χ1n) is 7.10. The van der Waals surface area contributed by atoms with Gasteiger partial charge in [0.25, 0.3) is 0 Å². The fourth-order valence-electron chi connectivity index (χ4n) is 2.70. The second-order valence-electron chi connectivity index (χ2n) is 5.32. The van der Waals surface area contributed by atoms with Crippen molar-refractivity contribution in [3.05, 3.63) is 71.4 Å². The Bertz CT molecular complexity index is 708. The third-order valence-electron chi connectivity index (χ3n) is 3.76. The van der Waals surface area contributed by atoms with Crippen LogP contribution < -0.4 is 5.73 Å². The third-order valence-corrected chi connectivity index (χ3v) is 3.76. The molecule has 0 saturated heterocycles. The van der Waals surface area contributed by atoms with Gasteiger partial charge in [-0.2, -0.15) is 0 Å². The Labute approximate surface area is 119 Å². The van der Waals surface area contributed by atoms with Crippen molar-refractivity contribution in [1.29, 1.82) is 0 Å². The van der Waals surface area contributed by atoms with E-state index in [1.807, 2.05) is 0 Å². The minimum atomic E-state index is 0.693. The van der Waals surface area contributed by atoms with Crippen molar-refractivity contribution in [2.24, 2.45) is 5.73 Å². The molecule has 20 heavy (non-hydrogen) atoms. The van der Waals surface area contributed by atoms with Crippen LogP contribution in [-0.4, -0.2) is 11.1 Å². The molecule has 0 aliphatic heterocycles. The van der Waals surface area contributed by atoms with Gasteiger partial charge in [-0.15, -0.1) is 0 Å². The van der Waals surface area contributed by atoms with Crippen molar-refractivity contribution in [3.63, 3.8) is 0 Å². The third kappa shape index (κ3) is 2.47. The standard InChI is InChI=1S/C18H20N2/c1-14-6-8-15(9-7-14)12-20-13-16(10-11-19)17-4-2-3-5-18(17)20/h2-9,13H,10-12,19H2,1H3. The number of rotatable bonds is 4. The normalized spacial score (nSPS) is 11.1. The first-order chi connectivity index (χ1) is 9.78. The molecule has 0 radical (unpaired) electrons. The van der Waals surface area contributed by atoms with Crippen LogP contribution in [0.25, 0.3) is 10.9 Å². The van der Waals surface area contributed by atoms with Crippen molar-refractivity contribution >= 4 is 10.9 Å². The lowest BCUT2D eigenvalue weighted by molar-refractivity contribution is 0.827. The molecule has 0 unspecified atom stereocenters. The Hall–Kier alpha value is -2.06. The summed E-state index contributed by atoms with van der Waals surface area (Å²) in [5.41, 5.74) is 11.0. The molecular weight excluding hydrogens is 244 g/mol. The van der Waals surface area contributed by atoms with Gasteiger partial charge >= 0.3 is 0 Å². The fraction of sp³-hybridized carbons (Fsp3) is 0.222. The molecule has 0 atom stereocenters. The van der Waals surface area contributed by atoms with Gasteiger partial charge in [0.05, 0.1) is 0 Å². The maximum absolute atomic E-state index is 5.72. The fourth-order valence-corrected chi connectivity index (χ4v) is 2.70. The molecule has 3 rings (SSSR count). The Morgan fingerprint density at radius 3 is 2.50 bits per heavy atom. The maximum atomic E-state index is 5.72. The van der Waals surface area contributed by atoms with Gasteiger partial charge < -0.3 is 10.3 Å². The summed E-state index contributed by atoms with van der Waals surface area (Å²) in [6.07, 6.45) is 3.18. The van der Waals surface area contributed by atoms with E-state index in [0.717, 1.165) is 13.0 Å². The van der Waals surface area contributed by atoms with E-state index in [9.17, 15) is 0 Å². The number of nitrogens with two attached hydrogens (primary N) is 1. The van der Waals surface area contributed by atoms with Crippen LogP contribution in [0.4, 0.5) is 0 Å². The van der Waals surface area contributed by atoms with Gasteiger partial charge in [-0.3, -0.25) is 0 Å². The predicted octanol–water partition coefficient (Wildman–Crippen LogP) is 3.50. The van der Waals surface area contributed by atoms with Crippen molar-refractivity contribution in [3.8, 4) is 0 Å². The van der Waals surface area contributed by atoms with Crippen molar-refractivity contribution in [2.45, 2.75) is 19.9 Å². The zero-order chi connectivity index (χ0) is 13.9. The van der Waals surface area contributed by atoms with Crippen LogP contribution in [-0.2, 0) is 13.0 Å². The number of hydrogen-bond acceptors (Lipinski definition) is 1. The van der Waals surface area contributed by atoms with E-state index in [-0.39, 0.29) is 0 Å². The summed E-state index contributed by atoms with van der Waals surface area (Å²) in [6, 6.07) is 17.3. The largest absolute Gasteiger partial charge is 0.343 e. The lowest BCUT2D eigenvalue weighted by Gasteiger charge is -2.06. The summed E-state index contributed by atoms with van der Waals surface area (Å²) in [5, 5.41) is 1.32. The quantitative estimate of drug-likeness (QED) is 0.768. The number of nitrogens with zero attached hydrogens (tertiary/aromatic N) is 1. The van der Waals surface area contributed by atoms with Gasteiger partial charge in [0, 0.05) is 23.6 Å². The van der Waals surface area contributed by atoms with Crippen molar-refractivity contribution < 1.29 is 0 Å². The minimum Gasteiger partial charge on any atom is -0.343 e. The topological polar surface area (TPSA) is 30.9 Å². The van der Waals surface area contributed by atoms with Crippen LogP contribution in [0.2, 0.25) is 0 Å². The smallest absolute Gasteiger partial charge is 0.0486 e. The van der Waals surface area contributed by atoms with Crippen molar-refractivity contribution in [1.82, 2.24) is 4.57 Å². The molecule has 2 N–H and O–H groups in total. The summed E-state index contributed by atoms with van der Waals surface area (Å²) >= 11 is 0. The summed E-state index contributed by atoms with van der Waals surface area (Å²) in [4.78, 5) is 0. The van der Waals surface area contributed by atoms with Crippen LogP contribution in [0.15, 0.2) is 54.7 Å². The second kappa shape index (κ2) is 5.51. The summed E-state index contributed by atoms with van der Waals surface area (Å²) in [7, 11) is 0. The Balaban J connectivity index is 2.00. The Kier molecular flexibility index (Phi) is 3.57. The number of aryl methyl sites for hydroxylation is 1. The van der Waals surface area contributed by atoms with Gasteiger partial charge in [0.1, 0.15) is 0 Å².